The standard InChI is InChI=1S/C12H13FN2O3/c13-9-5-7(11(14)16)1-2-8(9)6-15-10-3-4-18-12(10)17/h1-2,5,10,15H,3-4,6H2,(H2,14,16). The molecule has 3 N–H and O–H groups in total. The van der Waals surface area contributed by atoms with Crippen molar-refractivity contribution in [3.05, 3.63) is 35.1 Å². The number of nitrogens with one attached hydrogen (secondary N) is 1. The van der Waals surface area contributed by atoms with Crippen LogP contribution in [-0.2, 0) is 16.1 Å². The van der Waals surface area contributed by atoms with E-state index in [1.54, 1.807) is 0 Å². The van der Waals surface area contributed by atoms with Crippen molar-refractivity contribution in [2.75, 3.05) is 6.61 Å². The largest absolute Gasteiger partial charge is 0.464 e. The smallest absolute Gasteiger partial charge is 0.323 e. The molecule has 1 amide bonds. The predicted octanol–water partition coefficient (Wildman–Crippen LogP) is 0.330. The first kappa shape index (κ1) is 12.5. The summed E-state index contributed by atoms with van der Waals surface area (Å²) in [6.45, 7) is 0.588. The van der Waals surface area contributed by atoms with Gasteiger partial charge in [-0.3, -0.25) is 9.59 Å². The normalized spacial score (nSPS) is 18.7. The van der Waals surface area contributed by atoms with Crippen LogP contribution < -0.4 is 11.1 Å². The predicted molar refractivity (Wildman–Crippen MR) is 61.1 cm³/mol. The lowest BCUT2D eigenvalue weighted by molar-refractivity contribution is -0.139. The van der Waals surface area contributed by atoms with Crippen LogP contribution in [0.25, 0.3) is 0 Å². The number of amides is 1. The second-order valence-electron chi connectivity index (χ2n) is 4.06. The lowest BCUT2D eigenvalue weighted by Crippen LogP contribution is -2.32. The molecule has 1 saturated heterocycles. The first-order chi connectivity index (χ1) is 8.58. The summed E-state index contributed by atoms with van der Waals surface area (Å²) in [6.07, 6.45) is 0.583. The molecule has 18 heavy (non-hydrogen) atoms. The number of ether oxygens (including phenoxy) is 1. The van der Waals surface area contributed by atoms with Gasteiger partial charge in [-0.2, -0.15) is 0 Å². The highest BCUT2D eigenvalue weighted by Crippen LogP contribution is 2.12. The first-order valence-corrected chi connectivity index (χ1v) is 5.56. The van der Waals surface area contributed by atoms with Gasteiger partial charge in [0.2, 0.25) is 5.91 Å². The molecule has 0 spiro atoms. The van der Waals surface area contributed by atoms with E-state index < -0.39 is 11.7 Å². The molecule has 0 radical (unpaired) electrons. The summed E-state index contributed by atoms with van der Waals surface area (Å²) < 4.78 is 18.4. The minimum Gasteiger partial charge on any atom is -0.464 e. The maximum atomic E-state index is 13.6. The van der Waals surface area contributed by atoms with Gasteiger partial charge in [-0.25, -0.2) is 4.39 Å². The van der Waals surface area contributed by atoms with Crippen LogP contribution in [0.4, 0.5) is 4.39 Å². The number of cyclic esters (lactones) is 1. The minimum absolute atomic E-state index is 0.122. The molecule has 0 aliphatic carbocycles. The van der Waals surface area contributed by atoms with E-state index in [1.165, 1.54) is 12.1 Å². The summed E-state index contributed by atoms with van der Waals surface area (Å²) in [6, 6.07) is 3.63. The van der Waals surface area contributed by atoms with Gasteiger partial charge in [-0.15, -0.1) is 0 Å². The molecule has 5 nitrogen and oxygen atoms in total. The van der Waals surface area contributed by atoms with Gasteiger partial charge < -0.3 is 15.8 Å². The fraction of sp³-hybridized carbons (Fsp3) is 0.333. The summed E-state index contributed by atoms with van der Waals surface area (Å²) >= 11 is 0. The van der Waals surface area contributed by atoms with Crippen LogP contribution in [0, 0.1) is 5.82 Å². The number of halogens is 1. The Kier molecular flexibility index (Phi) is 3.57. The summed E-state index contributed by atoms with van der Waals surface area (Å²) in [5.41, 5.74) is 5.54. The average molecular weight is 252 g/mol. The molecular formula is C12H13FN2O3. The first-order valence-electron chi connectivity index (χ1n) is 5.56. The van der Waals surface area contributed by atoms with Gasteiger partial charge in [0.15, 0.2) is 0 Å². The highest BCUT2D eigenvalue weighted by Gasteiger charge is 2.25. The summed E-state index contributed by atoms with van der Waals surface area (Å²) in [5, 5.41) is 2.91. The number of primary amides is 1. The average Bonchev–Trinajstić information content (AvgIpc) is 2.73. The lowest BCUT2D eigenvalue weighted by atomic mass is 10.1. The molecule has 1 aliphatic heterocycles. The van der Waals surface area contributed by atoms with Crippen molar-refractivity contribution in [2.45, 2.75) is 19.0 Å². The number of rotatable bonds is 4. The van der Waals surface area contributed by atoms with Crippen LogP contribution in [0.5, 0.6) is 0 Å². The molecular weight excluding hydrogens is 239 g/mol. The highest BCUT2D eigenvalue weighted by atomic mass is 19.1. The molecule has 1 aliphatic rings. The maximum Gasteiger partial charge on any atom is 0.323 e. The number of carbonyl (C=O) groups excluding carboxylic acids is 2. The molecule has 1 fully saturated rings. The Morgan fingerprint density at radius 3 is 2.89 bits per heavy atom. The van der Waals surface area contributed by atoms with E-state index in [9.17, 15) is 14.0 Å². The number of carbonyl (C=O) groups is 2. The Labute approximate surface area is 103 Å². The summed E-state index contributed by atoms with van der Waals surface area (Å²) in [4.78, 5) is 22.0. The molecule has 0 saturated carbocycles. The lowest BCUT2D eigenvalue weighted by Gasteiger charge is -2.09. The molecule has 1 aromatic carbocycles. The van der Waals surface area contributed by atoms with Crippen molar-refractivity contribution in [1.82, 2.24) is 5.32 Å². The second kappa shape index (κ2) is 5.14. The van der Waals surface area contributed by atoms with Crippen LogP contribution in [0.3, 0.4) is 0 Å². The highest BCUT2D eigenvalue weighted by molar-refractivity contribution is 5.92. The van der Waals surface area contributed by atoms with Gasteiger partial charge in [0.25, 0.3) is 0 Å². The number of esters is 1. The molecule has 6 heteroatoms. The Balaban J connectivity index is 2.01. The number of nitrogens with two attached hydrogens (primary N) is 1. The van der Waals surface area contributed by atoms with Crippen LogP contribution in [0.15, 0.2) is 18.2 Å². The molecule has 1 unspecified atom stereocenters. The minimum atomic E-state index is -0.673. The van der Waals surface area contributed by atoms with Gasteiger partial charge in [0.1, 0.15) is 11.9 Å². The monoisotopic (exact) mass is 252 g/mol. The third-order valence-corrected chi connectivity index (χ3v) is 2.81. The fourth-order valence-electron chi connectivity index (χ4n) is 1.76. The maximum absolute atomic E-state index is 13.6. The third kappa shape index (κ3) is 2.65. The van der Waals surface area contributed by atoms with Crippen LogP contribution in [-0.4, -0.2) is 24.5 Å². The van der Waals surface area contributed by atoms with Crippen LogP contribution in [0.2, 0.25) is 0 Å². The summed E-state index contributed by atoms with van der Waals surface area (Å²) in [5.74, 6) is -1.51. The third-order valence-electron chi connectivity index (χ3n) is 2.81. The Morgan fingerprint density at radius 1 is 1.56 bits per heavy atom. The molecule has 2 rings (SSSR count). The SMILES string of the molecule is NC(=O)c1ccc(CNC2CCOC2=O)c(F)c1. The van der Waals surface area contributed by atoms with Gasteiger partial charge in [0, 0.05) is 24.1 Å². The molecule has 1 heterocycles. The van der Waals surface area contributed by atoms with E-state index in [1.807, 2.05) is 0 Å². The number of benzene rings is 1. The molecule has 0 aromatic heterocycles. The van der Waals surface area contributed by atoms with Gasteiger partial charge in [-0.1, -0.05) is 6.07 Å². The number of hydrogen-bond donors (Lipinski definition) is 2. The number of hydrogen-bond acceptors (Lipinski definition) is 4. The Morgan fingerprint density at radius 2 is 2.33 bits per heavy atom. The zero-order valence-electron chi connectivity index (χ0n) is 9.61. The Hall–Kier alpha value is -1.95. The topological polar surface area (TPSA) is 81.4 Å². The van der Waals surface area contributed by atoms with E-state index >= 15 is 0 Å². The van der Waals surface area contributed by atoms with Gasteiger partial charge in [0.05, 0.1) is 6.61 Å². The quantitative estimate of drug-likeness (QED) is 0.757. The van der Waals surface area contributed by atoms with Crippen LogP contribution in [0.1, 0.15) is 22.3 Å². The van der Waals surface area contributed by atoms with Crippen molar-refractivity contribution in [1.29, 1.82) is 0 Å². The van der Waals surface area contributed by atoms with E-state index in [0.29, 0.717) is 18.6 Å². The molecule has 1 atom stereocenters. The zero-order chi connectivity index (χ0) is 13.1. The molecule has 96 valence electrons. The molecule has 1 aromatic rings. The molecule has 0 bridgehead atoms. The van der Waals surface area contributed by atoms with Crippen molar-refractivity contribution < 1.29 is 18.7 Å². The van der Waals surface area contributed by atoms with Crippen molar-refractivity contribution in [3.8, 4) is 0 Å². The Bertz CT molecular complexity index is 490. The van der Waals surface area contributed by atoms with E-state index in [0.717, 1.165) is 6.07 Å². The van der Waals surface area contributed by atoms with E-state index in [2.05, 4.69) is 5.32 Å². The van der Waals surface area contributed by atoms with E-state index in [4.69, 9.17) is 10.5 Å². The second-order valence-corrected chi connectivity index (χ2v) is 4.06. The zero-order valence-corrected chi connectivity index (χ0v) is 9.61. The summed E-state index contributed by atoms with van der Waals surface area (Å²) in [7, 11) is 0. The van der Waals surface area contributed by atoms with Crippen LogP contribution >= 0.6 is 0 Å². The van der Waals surface area contributed by atoms with Crippen molar-refractivity contribution in [2.24, 2.45) is 5.73 Å². The van der Waals surface area contributed by atoms with Gasteiger partial charge in [-0.05, 0) is 12.1 Å². The van der Waals surface area contributed by atoms with Crippen molar-refractivity contribution >= 4 is 11.9 Å². The van der Waals surface area contributed by atoms with E-state index in [-0.39, 0.29) is 24.1 Å². The van der Waals surface area contributed by atoms with Gasteiger partial charge >= 0.3 is 5.97 Å². The van der Waals surface area contributed by atoms with Crippen molar-refractivity contribution in [3.63, 3.8) is 0 Å². The fourth-order valence-corrected chi connectivity index (χ4v) is 1.76.